The van der Waals surface area contributed by atoms with Crippen molar-refractivity contribution in [1.29, 1.82) is 0 Å². The van der Waals surface area contributed by atoms with Crippen molar-refractivity contribution in [2.45, 2.75) is 6.10 Å². The normalized spacial score (nSPS) is 13.0. The van der Waals surface area contributed by atoms with E-state index >= 15 is 0 Å². The van der Waals surface area contributed by atoms with Crippen LogP contribution in [0.5, 0.6) is 0 Å². The minimum absolute atomic E-state index is 0.337. The molecule has 1 N–H and O–H groups in total. The van der Waals surface area contributed by atoms with Gasteiger partial charge in [-0.05, 0) is 6.07 Å². The average molecular weight is 219 g/mol. The molecule has 0 radical (unpaired) electrons. The van der Waals surface area contributed by atoms with Crippen LogP contribution < -0.4 is 0 Å². The topological polar surface area (TPSA) is 20.2 Å². The first-order valence-electron chi connectivity index (χ1n) is 3.24. The molecule has 0 saturated heterocycles. The molecule has 3 heteroatoms. The van der Waals surface area contributed by atoms with Crippen LogP contribution in [0.4, 0.5) is 4.39 Å². The Hall–Kier alpha value is -0.410. The highest BCUT2D eigenvalue weighted by atomic mass is 79.9. The minimum atomic E-state index is -0.754. The van der Waals surface area contributed by atoms with Crippen molar-refractivity contribution >= 4 is 15.9 Å². The van der Waals surface area contributed by atoms with Crippen LogP contribution in [0.1, 0.15) is 11.7 Å². The first-order valence-corrected chi connectivity index (χ1v) is 4.36. The largest absolute Gasteiger partial charge is 0.387 e. The summed E-state index contributed by atoms with van der Waals surface area (Å²) in [5.74, 6) is -0.362. The van der Waals surface area contributed by atoms with Crippen molar-refractivity contribution in [1.82, 2.24) is 0 Å². The molecule has 1 atom stereocenters. The summed E-state index contributed by atoms with van der Waals surface area (Å²) in [4.78, 5) is 0. The summed E-state index contributed by atoms with van der Waals surface area (Å²) in [7, 11) is 0. The van der Waals surface area contributed by atoms with E-state index in [9.17, 15) is 9.50 Å². The first kappa shape index (κ1) is 8.68. The molecule has 0 aliphatic heterocycles. The van der Waals surface area contributed by atoms with Crippen LogP contribution in [0.2, 0.25) is 0 Å². The standard InChI is InChI=1S/C8H8BrFO/c9-5-8(11)6-3-1-2-4-7(6)10/h1-4,8,11H,5H2. The molecule has 0 amide bonds. The van der Waals surface area contributed by atoms with E-state index in [1.807, 2.05) is 0 Å². The number of benzene rings is 1. The number of hydrogen-bond acceptors (Lipinski definition) is 1. The lowest BCUT2D eigenvalue weighted by molar-refractivity contribution is 0.200. The number of aliphatic hydroxyl groups is 1. The number of alkyl halides is 1. The molecule has 0 heterocycles. The molecular weight excluding hydrogens is 211 g/mol. The van der Waals surface area contributed by atoms with Crippen molar-refractivity contribution in [3.05, 3.63) is 35.6 Å². The molecule has 0 saturated carbocycles. The van der Waals surface area contributed by atoms with Gasteiger partial charge in [-0.1, -0.05) is 34.1 Å². The van der Waals surface area contributed by atoms with Gasteiger partial charge in [-0.3, -0.25) is 0 Å². The van der Waals surface area contributed by atoms with Crippen LogP contribution in [0.15, 0.2) is 24.3 Å². The van der Waals surface area contributed by atoms with Crippen molar-refractivity contribution in [2.75, 3.05) is 5.33 Å². The van der Waals surface area contributed by atoms with Gasteiger partial charge in [0.05, 0.1) is 6.10 Å². The Labute approximate surface area is 73.0 Å². The van der Waals surface area contributed by atoms with Gasteiger partial charge in [-0.2, -0.15) is 0 Å². The number of rotatable bonds is 2. The van der Waals surface area contributed by atoms with Crippen molar-refractivity contribution in [2.24, 2.45) is 0 Å². The van der Waals surface area contributed by atoms with Gasteiger partial charge in [0.1, 0.15) is 5.82 Å². The molecule has 1 unspecified atom stereocenters. The maximum absolute atomic E-state index is 12.8. The maximum Gasteiger partial charge on any atom is 0.129 e. The summed E-state index contributed by atoms with van der Waals surface area (Å²) in [5.41, 5.74) is 0.337. The van der Waals surface area contributed by atoms with E-state index in [0.717, 1.165) is 0 Å². The van der Waals surface area contributed by atoms with E-state index in [1.54, 1.807) is 18.2 Å². The Morgan fingerprint density at radius 3 is 2.64 bits per heavy atom. The highest BCUT2D eigenvalue weighted by Gasteiger charge is 2.09. The molecule has 0 aromatic heterocycles. The second-order valence-corrected chi connectivity index (χ2v) is 2.84. The predicted octanol–water partition coefficient (Wildman–Crippen LogP) is 2.25. The van der Waals surface area contributed by atoms with Gasteiger partial charge in [-0.15, -0.1) is 0 Å². The molecule has 0 aliphatic carbocycles. The molecule has 1 rings (SSSR count). The Bertz CT molecular complexity index is 239. The van der Waals surface area contributed by atoms with E-state index in [2.05, 4.69) is 15.9 Å². The molecular formula is C8H8BrFO. The van der Waals surface area contributed by atoms with Crippen molar-refractivity contribution < 1.29 is 9.50 Å². The molecule has 60 valence electrons. The van der Waals surface area contributed by atoms with E-state index in [-0.39, 0.29) is 5.82 Å². The lowest BCUT2D eigenvalue weighted by Gasteiger charge is -2.06. The summed E-state index contributed by atoms with van der Waals surface area (Å²) in [5, 5.41) is 9.58. The Kier molecular flexibility index (Phi) is 3.02. The molecule has 1 aromatic carbocycles. The van der Waals surface area contributed by atoms with Gasteiger partial charge in [0.25, 0.3) is 0 Å². The first-order chi connectivity index (χ1) is 5.25. The second kappa shape index (κ2) is 3.83. The highest BCUT2D eigenvalue weighted by Crippen LogP contribution is 2.17. The SMILES string of the molecule is OC(CBr)c1ccccc1F. The highest BCUT2D eigenvalue weighted by molar-refractivity contribution is 9.09. The van der Waals surface area contributed by atoms with E-state index in [4.69, 9.17) is 0 Å². The van der Waals surface area contributed by atoms with E-state index in [1.165, 1.54) is 6.07 Å². The van der Waals surface area contributed by atoms with Gasteiger partial charge < -0.3 is 5.11 Å². The number of hydrogen-bond donors (Lipinski definition) is 1. The molecule has 1 nitrogen and oxygen atoms in total. The molecule has 0 spiro atoms. The minimum Gasteiger partial charge on any atom is -0.387 e. The van der Waals surface area contributed by atoms with Gasteiger partial charge in [0.2, 0.25) is 0 Å². The van der Waals surface area contributed by atoms with E-state index in [0.29, 0.717) is 10.9 Å². The van der Waals surface area contributed by atoms with Crippen LogP contribution in [0.25, 0.3) is 0 Å². The third kappa shape index (κ3) is 2.01. The third-order valence-corrected chi connectivity index (χ3v) is 2.02. The van der Waals surface area contributed by atoms with Crippen LogP contribution in [-0.4, -0.2) is 10.4 Å². The fraction of sp³-hybridized carbons (Fsp3) is 0.250. The fourth-order valence-electron chi connectivity index (χ4n) is 0.828. The summed E-state index contributed by atoms with van der Waals surface area (Å²) in [6, 6.07) is 6.20. The number of aliphatic hydroxyl groups excluding tert-OH is 1. The average Bonchev–Trinajstić information content (AvgIpc) is 2.04. The summed E-state index contributed by atoms with van der Waals surface area (Å²) >= 11 is 3.07. The lowest BCUT2D eigenvalue weighted by Crippen LogP contribution is -2.00. The van der Waals surface area contributed by atoms with Gasteiger partial charge in [0, 0.05) is 10.9 Å². The maximum atomic E-state index is 12.8. The zero-order chi connectivity index (χ0) is 8.27. The Morgan fingerprint density at radius 1 is 1.45 bits per heavy atom. The summed E-state index contributed by atoms with van der Waals surface area (Å²) in [6.45, 7) is 0. The zero-order valence-corrected chi connectivity index (χ0v) is 7.38. The van der Waals surface area contributed by atoms with E-state index < -0.39 is 6.10 Å². The Balaban J connectivity index is 2.93. The fourth-order valence-corrected chi connectivity index (χ4v) is 1.18. The third-order valence-electron chi connectivity index (χ3n) is 1.41. The molecule has 0 aliphatic rings. The molecule has 1 aromatic rings. The van der Waals surface area contributed by atoms with Crippen molar-refractivity contribution in [3.8, 4) is 0 Å². The van der Waals surface area contributed by atoms with Crippen molar-refractivity contribution in [3.63, 3.8) is 0 Å². The van der Waals surface area contributed by atoms with Crippen LogP contribution in [0.3, 0.4) is 0 Å². The lowest BCUT2D eigenvalue weighted by atomic mass is 10.1. The predicted molar refractivity (Wildman–Crippen MR) is 45.2 cm³/mol. The van der Waals surface area contributed by atoms with Crippen LogP contribution >= 0.6 is 15.9 Å². The summed E-state index contributed by atoms with van der Waals surface area (Å²) in [6.07, 6.45) is -0.754. The molecule has 0 fully saturated rings. The smallest absolute Gasteiger partial charge is 0.129 e. The molecule has 0 bridgehead atoms. The zero-order valence-electron chi connectivity index (χ0n) is 5.80. The molecule has 11 heavy (non-hydrogen) atoms. The Morgan fingerprint density at radius 2 is 2.09 bits per heavy atom. The second-order valence-electron chi connectivity index (χ2n) is 2.19. The number of halogens is 2. The van der Waals surface area contributed by atoms with Gasteiger partial charge in [-0.25, -0.2) is 4.39 Å². The van der Waals surface area contributed by atoms with Crippen LogP contribution in [0, 0.1) is 5.82 Å². The monoisotopic (exact) mass is 218 g/mol. The van der Waals surface area contributed by atoms with Gasteiger partial charge in [0.15, 0.2) is 0 Å². The van der Waals surface area contributed by atoms with Crippen LogP contribution in [-0.2, 0) is 0 Å². The quantitative estimate of drug-likeness (QED) is 0.756. The van der Waals surface area contributed by atoms with Gasteiger partial charge >= 0.3 is 0 Å². The summed E-state index contributed by atoms with van der Waals surface area (Å²) < 4.78 is 12.8.